The zero-order valence-corrected chi connectivity index (χ0v) is 27.3. The molecule has 0 heterocycles. The van der Waals surface area contributed by atoms with Crippen molar-refractivity contribution in [3.63, 3.8) is 0 Å². The predicted octanol–water partition coefficient (Wildman–Crippen LogP) is 11.3. The van der Waals surface area contributed by atoms with Crippen LogP contribution in [-0.2, 0) is 9.47 Å². The summed E-state index contributed by atoms with van der Waals surface area (Å²) in [5, 5.41) is 0. The van der Waals surface area contributed by atoms with Gasteiger partial charge in [-0.15, -0.1) is 0 Å². The van der Waals surface area contributed by atoms with Gasteiger partial charge in [0, 0.05) is 6.42 Å². The molecule has 3 fully saturated rings. The summed E-state index contributed by atoms with van der Waals surface area (Å²) in [6, 6.07) is 0. The number of ether oxygens (including phenoxy) is 2. The molecule has 3 saturated carbocycles. The molecule has 4 aliphatic carbocycles. The molecule has 0 saturated heterocycles. The van der Waals surface area contributed by atoms with Gasteiger partial charge in [0.05, 0.1) is 6.61 Å². The van der Waals surface area contributed by atoms with Crippen molar-refractivity contribution in [3.8, 4) is 0 Å². The molecule has 0 aromatic carbocycles. The molecule has 0 bridgehead atoms. The van der Waals surface area contributed by atoms with Crippen LogP contribution in [0.1, 0.15) is 157 Å². The summed E-state index contributed by atoms with van der Waals surface area (Å²) in [5.41, 5.74) is 2.43. The van der Waals surface area contributed by atoms with E-state index in [1.807, 2.05) is 0 Å². The lowest BCUT2D eigenvalue weighted by molar-refractivity contribution is -0.0617. The first-order chi connectivity index (χ1) is 19.2. The van der Waals surface area contributed by atoms with Gasteiger partial charge in [-0.05, 0) is 97.7 Å². The van der Waals surface area contributed by atoms with E-state index in [1.54, 1.807) is 5.57 Å². The van der Waals surface area contributed by atoms with Crippen molar-refractivity contribution < 1.29 is 14.3 Å². The van der Waals surface area contributed by atoms with Crippen LogP contribution in [0.25, 0.3) is 0 Å². The van der Waals surface area contributed by atoms with E-state index in [4.69, 9.17) is 9.47 Å². The van der Waals surface area contributed by atoms with Crippen LogP contribution in [0.15, 0.2) is 11.6 Å². The molecule has 0 N–H and O–H groups in total. The Balaban J connectivity index is 1.26. The second-order valence-electron chi connectivity index (χ2n) is 15.5. The highest BCUT2D eigenvalue weighted by Crippen LogP contribution is 2.67. The van der Waals surface area contributed by atoms with Crippen molar-refractivity contribution in [1.29, 1.82) is 0 Å². The summed E-state index contributed by atoms with van der Waals surface area (Å²) in [7, 11) is 0. The average molecular weight is 557 g/mol. The van der Waals surface area contributed by atoms with Gasteiger partial charge in [0.15, 0.2) is 0 Å². The van der Waals surface area contributed by atoms with Crippen molar-refractivity contribution >= 4 is 6.16 Å². The Morgan fingerprint density at radius 1 is 0.900 bits per heavy atom. The van der Waals surface area contributed by atoms with Crippen molar-refractivity contribution in [2.75, 3.05) is 6.61 Å². The molecular formula is C37H64O3. The van der Waals surface area contributed by atoms with Gasteiger partial charge < -0.3 is 9.47 Å². The zero-order valence-electron chi connectivity index (χ0n) is 27.3. The Morgan fingerprint density at radius 3 is 2.40 bits per heavy atom. The van der Waals surface area contributed by atoms with Crippen LogP contribution in [-0.4, -0.2) is 18.9 Å². The fourth-order valence-corrected chi connectivity index (χ4v) is 10.1. The number of carbonyl (C=O) groups is 1. The standard InChI is InChI=1S/C37H64O3/c1-7-8-9-10-11-12-13-25-39-35(38)40-30-21-23-36(5)29(26-30)17-18-31-33-20-19-32(28(4)16-14-15-27(2)3)37(33,6)24-22-34(31)36/h17,27-28,30-34H,7-16,18-26H2,1-6H3/t28-,30?,31+,32-,33+,34+,36+,37-/m1/s1. The van der Waals surface area contributed by atoms with E-state index in [9.17, 15) is 4.79 Å². The Kier molecular flexibility index (Phi) is 11.5. The molecule has 8 atom stereocenters. The number of fused-ring (bicyclic) bond motifs is 5. The molecule has 230 valence electrons. The molecule has 0 amide bonds. The average Bonchev–Trinajstić information content (AvgIpc) is 3.27. The molecule has 3 nitrogen and oxygen atoms in total. The SMILES string of the molecule is CCCCCCCCCOC(=O)OC1CC[C@@]2(C)C(=CC[C@H]3[C@@H]4CC[C@H]([C@H](C)CCCC(C)C)[C@@]4(C)CC[C@@H]32)C1. The Bertz CT molecular complexity index is 831. The lowest BCUT2D eigenvalue weighted by Gasteiger charge is -2.58. The Labute approximate surface area is 248 Å². The molecule has 3 heteroatoms. The second kappa shape index (κ2) is 14.5. The monoisotopic (exact) mass is 556 g/mol. The molecule has 0 aromatic heterocycles. The van der Waals surface area contributed by atoms with Crippen LogP contribution in [0.4, 0.5) is 4.79 Å². The van der Waals surface area contributed by atoms with E-state index in [2.05, 4.69) is 47.6 Å². The Morgan fingerprint density at radius 2 is 1.65 bits per heavy atom. The van der Waals surface area contributed by atoms with Crippen LogP contribution < -0.4 is 0 Å². The number of carbonyl (C=O) groups excluding carboxylic acids is 1. The molecule has 40 heavy (non-hydrogen) atoms. The molecule has 1 unspecified atom stereocenters. The first kappa shape index (κ1) is 31.9. The van der Waals surface area contributed by atoms with E-state index >= 15 is 0 Å². The lowest BCUT2D eigenvalue weighted by Crippen LogP contribution is -2.51. The highest BCUT2D eigenvalue weighted by atomic mass is 16.7. The van der Waals surface area contributed by atoms with Gasteiger partial charge in [0.1, 0.15) is 6.10 Å². The minimum Gasteiger partial charge on any atom is -0.434 e. The maximum absolute atomic E-state index is 12.4. The maximum atomic E-state index is 12.4. The Hall–Kier alpha value is -0.990. The second-order valence-corrected chi connectivity index (χ2v) is 15.5. The summed E-state index contributed by atoms with van der Waals surface area (Å²) in [4.78, 5) is 12.4. The molecule has 4 rings (SSSR count). The molecule has 0 spiro atoms. The molecule has 4 aliphatic rings. The van der Waals surface area contributed by atoms with Crippen LogP contribution in [0.2, 0.25) is 0 Å². The summed E-state index contributed by atoms with van der Waals surface area (Å²) in [5.74, 6) is 5.18. The number of unbranched alkanes of at least 4 members (excludes halogenated alkanes) is 6. The van der Waals surface area contributed by atoms with Gasteiger partial charge in [-0.2, -0.15) is 0 Å². The van der Waals surface area contributed by atoms with Crippen LogP contribution in [0, 0.1) is 46.3 Å². The van der Waals surface area contributed by atoms with Gasteiger partial charge in [-0.1, -0.05) is 111 Å². The molecule has 0 radical (unpaired) electrons. The minimum atomic E-state index is -0.443. The van der Waals surface area contributed by atoms with E-state index in [0.29, 0.717) is 17.4 Å². The third kappa shape index (κ3) is 7.31. The van der Waals surface area contributed by atoms with E-state index in [-0.39, 0.29) is 6.10 Å². The van der Waals surface area contributed by atoms with Gasteiger partial charge in [0.25, 0.3) is 0 Å². The smallest absolute Gasteiger partial charge is 0.434 e. The van der Waals surface area contributed by atoms with Crippen LogP contribution in [0.5, 0.6) is 0 Å². The highest BCUT2D eigenvalue weighted by molar-refractivity contribution is 5.60. The van der Waals surface area contributed by atoms with E-state index < -0.39 is 6.16 Å². The van der Waals surface area contributed by atoms with Crippen molar-refractivity contribution in [2.45, 2.75) is 163 Å². The minimum absolute atomic E-state index is 0.00572. The summed E-state index contributed by atoms with van der Waals surface area (Å²) < 4.78 is 11.3. The summed E-state index contributed by atoms with van der Waals surface area (Å²) >= 11 is 0. The van der Waals surface area contributed by atoms with E-state index in [1.165, 1.54) is 83.5 Å². The molecular weight excluding hydrogens is 492 g/mol. The predicted molar refractivity (Wildman–Crippen MR) is 167 cm³/mol. The van der Waals surface area contributed by atoms with Crippen LogP contribution in [0.3, 0.4) is 0 Å². The third-order valence-corrected chi connectivity index (χ3v) is 12.5. The van der Waals surface area contributed by atoms with E-state index in [0.717, 1.165) is 67.6 Å². The van der Waals surface area contributed by atoms with Crippen molar-refractivity contribution in [1.82, 2.24) is 0 Å². The van der Waals surface area contributed by atoms with Gasteiger partial charge in [-0.25, -0.2) is 4.79 Å². The third-order valence-electron chi connectivity index (χ3n) is 12.5. The first-order valence-corrected chi connectivity index (χ1v) is 17.7. The normalized spacial score (nSPS) is 35.9. The quantitative estimate of drug-likeness (QED) is 0.121. The van der Waals surface area contributed by atoms with Crippen molar-refractivity contribution in [2.24, 2.45) is 46.3 Å². The van der Waals surface area contributed by atoms with Gasteiger partial charge >= 0.3 is 6.16 Å². The zero-order chi connectivity index (χ0) is 28.8. The summed E-state index contributed by atoms with van der Waals surface area (Å²) in [6.07, 6.45) is 25.0. The largest absolute Gasteiger partial charge is 0.508 e. The highest BCUT2D eigenvalue weighted by Gasteiger charge is 2.59. The fraction of sp³-hybridized carbons (Fsp3) is 0.919. The molecule has 0 aromatic rings. The van der Waals surface area contributed by atoms with Crippen LogP contribution >= 0.6 is 0 Å². The number of hydrogen-bond donors (Lipinski definition) is 0. The topological polar surface area (TPSA) is 35.5 Å². The first-order valence-electron chi connectivity index (χ1n) is 17.7. The summed E-state index contributed by atoms with van der Waals surface area (Å²) in [6.45, 7) is 15.3. The lowest BCUT2D eigenvalue weighted by atomic mass is 9.47. The van der Waals surface area contributed by atoms with Crippen molar-refractivity contribution in [3.05, 3.63) is 11.6 Å². The fourth-order valence-electron chi connectivity index (χ4n) is 10.1. The van der Waals surface area contributed by atoms with Gasteiger partial charge in [-0.3, -0.25) is 0 Å². The number of rotatable bonds is 14. The maximum Gasteiger partial charge on any atom is 0.508 e. The van der Waals surface area contributed by atoms with Gasteiger partial charge in [0.2, 0.25) is 0 Å². The number of allylic oxidation sites excluding steroid dienone is 1. The molecule has 0 aliphatic heterocycles. The number of hydrogen-bond acceptors (Lipinski definition) is 3.